The molecule has 1 atom stereocenters. The minimum absolute atomic E-state index is 0.253. The SMILES string of the molecule is COc1ccc(C(N)c2cc(C)c(C)s2)c(OC)c1OC. The van der Waals surface area contributed by atoms with Crippen molar-refractivity contribution >= 4 is 11.3 Å². The third-order valence-corrected chi connectivity index (χ3v) is 4.80. The summed E-state index contributed by atoms with van der Waals surface area (Å²) >= 11 is 1.71. The van der Waals surface area contributed by atoms with Crippen molar-refractivity contribution in [2.24, 2.45) is 5.73 Å². The number of hydrogen-bond donors (Lipinski definition) is 1. The number of aryl methyl sites for hydroxylation is 2. The van der Waals surface area contributed by atoms with Crippen molar-refractivity contribution < 1.29 is 14.2 Å². The molecule has 0 saturated carbocycles. The van der Waals surface area contributed by atoms with Gasteiger partial charge in [-0.1, -0.05) is 0 Å². The van der Waals surface area contributed by atoms with Gasteiger partial charge < -0.3 is 19.9 Å². The summed E-state index contributed by atoms with van der Waals surface area (Å²) in [6, 6.07) is 5.65. The highest BCUT2D eigenvalue weighted by Crippen LogP contribution is 2.43. The smallest absolute Gasteiger partial charge is 0.203 e. The van der Waals surface area contributed by atoms with E-state index in [0.29, 0.717) is 17.2 Å². The van der Waals surface area contributed by atoms with Crippen LogP contribution in [-0.4, -0.2) is 21.3 Å². The van der Waals surface area contributed by atoms with Crippen molar-refractivity contribution in [3.63, 3.8) is 0 Å². The first kappa shape index (κ1) is 15.7. The molecule has 1 aromatic heterocycles. The largest absolute Gasteiger partial charge is 0.493 e. The second-order valence-electron chi connectivity index (χ2n) is 4.79. The molecule has 2 aromatic rings. The Balaban J connectivity index is 2.52. The Morgan fingerprint density at radius 3 is 2.14 bits per heavy atom. The fourth-order valence-corrected chi connectivity index (χ4v) is 3.34. The zero-order valence-corrected chi connectivity index (χ0v) is 13.8. The molecule has 0 aliphatic carbocycles. The molecule has 0 amide bonds. The van der Waals surface area contributed by atoms with E-state index in [2.05, 4.69) is 19.9 Å². The van der Waals surface area contributed by atoms with Crippen LogP contribution in [0.3, 0.4) is 0 Å². The third-order valence-electron chi connectivity index (χ3n) is 3.56. The first-order chi connectivity index (χ1) is 10.0. The van der Waals surface area contributed by atoms with Crippen molar-refractivity contribution in [1.82, 2.24) is 0 Å². The Morgan fingerprint density at radius 1 is 1.00 bits per heavy atom. The van der Waals surface area contributed by atoms with E-state index in [1.54, 1.807) is 32.7 Å². The number of thiophene rings is 1. The lowest BCUT2D eigenvalue weighted by Gasteiger charge is -2.19. The summed E-state index contributed by atoms with van der Waals surface area (Å²) in [5, 5.41) is 0. The van der Waals surface area contributed by atoms with Crippen LogP contribution in [0.5, 0.6) is 17.2 Å². The molecule has 0 radical (unpaired) electrons. The Bertz CT molecular complexity index is 617. The van der Waals surface area contributed by atoms with Gasteiger partial charge in [-0.3, -0.25) is 0 Å². The second kappa shape index (κ2) is 6.37. The van der Waals surface area contributed by atoms with Crippen molar-refractivity contribution in [3.8, 4) is 17.2 Å². The maximum Gasteiger partial charge on any atom is 0.203 e. The molecule has 0 saturated heterocycles. The highest BCUT2D eigenvalue weighted by molar-refractivity contribution is 7.12. The van der Waals surface area contributed by atoms with Gasteiger partial charge in [0.2, 0.25) is 5.75 Å². The van der Waals surface area contributed by atoms with Crippen LogP contribution >= 0.6 is 11.3 Å². The highest BCUT2D eigenvalue weighted by Gasteiger charge is 2.22. The Morgan fingerprint density at radius 2 is 1.67 bits per heavy atom. The van der Waals surface area contributed by atoms with Crippen LogP contribution in [-0.2, 0) is 0 Å². The summed E-state index contributed by atoms with van der Waals surface area (Å²) in [6.45, 7) is 4.19. The topological polar surface area (TPSA) is 53.7 Å². The van der Waals surface area contributed by atoms with Crippen LogP contribution in [0.15, 0.2) is 18.2 Å². The fraction of sp³-hybridized carbons (Fsp3) is 0.375. The van der Waals surface area contributed by atoms with E-state index in [0.717, 1.165) is 10.4 Å². The van der Waals surface area contributed by atoms with Crippen molar-refractivity contribution in [3.05, 3.63) is 39.1 Å². The predicted octanol–water partition coefficient (Wildman–Crippen LogP) is 3.44. The standard InChI is InChI=1S/C16H21NO3S/c1-9-8-13(21-10(9)2)14(17)11-6-7-12(18-3)16(20-5)15(11)19-4/h6-8,14H,17H2,1-5H3. The van der Waals surface area contributed by atoms with Crippen LogP contribution in [0, 0.1) is 13.8 Å². The van der Waals surface area contributed by atoms with Gasteiger partial charge in [0.25, 0.3) is 0 Å². The maximum absolute atomic E-state index is 6.42. The summed E-state index contributed by atoms with van der Waals surface area (Å²) in [6.07, 6.45) is 0. The number of ether oxygens (including phenoxy) is 3. The minimum atomic E-state index is -0.253. The minimum Gasteiger partial charge on any atom is -0.493 e. The number of methoxy groups -OCH3 is 3. The van der Waals surface area contributed by atoms with E-state index in [9.17, 15) is 0 Å². The third kappa shape index (κ3) is 2.84. The van der Waals surface area contributed by atoms with Gasteiger partial charge in [-0.25, -0.2) is 0 Å². The molecule has 1 unspecified atom stereocenters. The van der Waals surface area contributed by atoms with Crippen molar-refractivity contribution in [2.75, 3.05) is 21.3 Å². The summed E-state index contributed by atoms with van der Waals surface area (Å²) in [7, 11) is 4.80. The molecule has 21 heavy (non-hydrogen) atoms. The molecule has 114 valence electrons. The molecule has 1 heterocycles. The summed E-state index contributed by atoms with van der Waals surface area (Å²) < 4.78 is 16.2. The summed E-state index contributed by atoms with van der Waals surface area (Å²) in [4.78, 5) is 2.38. The fourth-order valence-electron chi connectivity index (χ4n) is 2.28. The van der Waals surface area contributed by atoms with Crippen molar-refractivity contribution in [2.45, 2.75) is 19.9 Å². The lowest BCUT2D eigenvalue weighted by molar-refractivity contribution is 0.321. The average Bonchev–Trinajstić information content (AvgIpc) is 2.84. The number of rotatable bonds is 5. The van der Waals surface area contributed by atoms with E-state index in [1.807, 2.05) is 12.1 Å². The second-order valence-corrected chi connectivity index (χ2v) is 6.08. The quantitative estimate of drug-likeness (QED) is 0.919. The van der Waals surface area contributed by atoms with Gasteiger partial charge in [-0.05, 0) is 37.6 Å². The molecule has 0 bridgehead atoms. The predicted molar refractivity (Wildman–Crippen MR) is 85.9 cm³/mol. The molecule has 0 fully saturated rings. The molecule has 0 spiro atoms. The van der Waals surface area contributed by atoms with E-state index in [1.165, 1.54) is 10.4 Å². The highest BCUT2D eigenvalue weighted by atomic mass is 32.1. The molecular weight excluding hydrogens is 286 g/mol. The number of hydrogen-bond acceptors (Lipinski definition) is 5. The normalized spacial score (nSPS) is 12.1. The number of benzene rings is 1. The first-order valence-corrected chi connectivity index (χ1v) is 7.46. The molecule has 2 rings (SSSR count). The molecule has 0 aliphatic heterocycles. The van der Waals surface area contributed by atoms with Gasteiger partial charge in [-0.2, -0.15) is 0 Å². The number of nitrogens with two attached hydrogens (primary N) is 1. The lowest BCUT2D eigenvalue weighted by Crippen LogP contribution is -2.12. The Labute approximate surface area is 129 Å². The van der Waals surface area contributed by atoms with Gasteiger partial charge >= 0.3 is 0 Å². The van der Waals surface area contributed by atoms with E-state index in [4.69, 9.17) is 19.9 Å². The van der Waals surface area contributed by atoms with E-state index in [-0.39, 0.29) is 6.04 Å². The Hall–Kier alpha value is -1.72. The maximum atomic E-state index is 6.42. The van der Waals surface area contributed by atoms with Crippen LogP contribution in [0.4, 0.5) is 0 Å². The van der Waals surface area contributed by atoms with Crippen LogP contribution in [0.1, 0.15) is 26.9 Å². The van der Waals surface area contributed by atoms with Crippen LogP contribution in [0.25, 0.3) is 0 Å². The van der Waals surface area contributed by atoms with Gasteiger partial charge in [0.15, 0.2) is 11.5 Å². The van der Waals surface area contributed by atoms with Crippen molar-refractivity contribution in [1.29, 1.82) is 0 Å². The molecular formula is C16H21NO3S. The lowest BCUT2D eigenvalue weighted by atomic mass is 10.0. The van der Waals surface area contributed by atoms with Crippen LogP contribution in [0.2, 0.25) is 0 Å². The van der Waals surface area contributed by atoms with E-state index >= 15 is 0 Å². The molecule has 1 aromatic carbocycles. The summed E-state index contributed by atoms with van der Waals surface area (Å²) in [5.74, 6) is 1.81. The van der Waals surface area contributed by atoms with Gasteiger partial charge in [0.1, 0.15) is 0 Å². The molecule has 4 nitrogen and oxygen atoms in total. The molecule has 5 heteroatoms. The zero-order chi connectivity index (χ0) is 15.6. The Kier molecular flexibility index (Phi) is 4.75. The average molecular weight is 307 g/mol. The van der Waals surface area contributed by atoms with Gasteiger partial charge in [0.05, 0.1) is 27.4 Å². The summed E-state index contributed by atoms with van der Waals surface area (Å²) in [5.41, 5.74) is 8.56. The van der Waals surface area contributed by atoms with Gasteiger partial charge in [-0.15, -0.1) is 11.3 Å². The molecule has 2 N–H and O–H groups in total. The first-order valence-electron chi connectivity index (χ1n) is 6.64. The van der Waals surface area contributed by atoms with E-state index < -0.39 is 0 Å². The monoisotopic (exact) mass is 307 g/mol. The van der Waals surface area contributed by atoms with Crippen LogP contribution < -0.4 is 19.9 Å². The van der Waals surface area contributed by atoms with Gasteiger partial charge in [0, 0.05) is 15.3 Å². The molecule has 0 aliphatic rings. The zero-order valence-electron chi connectivity index (χ0n) is 13.0.